The first-order valence-electron chi connectivity index (χ1n) is 9.82. The van der Waals surface area contributed by atoms with E-state index in [4.69, 9.17) is 5.73 Å². The number of aryl methyl sites for hydroxylation is 2. The lowest BCUT2D eigenvalue weighted by molar-refractivity contribution is 0.635. The molecular formula is C23H36N2. The van der Waals surface area contributed by atoms with Gasteiger partial charge in [0.1, 0.15) is 0 Å². The molecule has 0 saturated carbocycles. The minimum atomic E-state index is 0.547. The van der Waals surface area contributed by atoms with Crippen LogP contribution in [0.25, 0.3) is 5.70 Å². The molecule has 1 aromatic rings. The number of hydrogen-bond acceptors (Lipinski definition) is 2. The Balaban J connectivity index is 3.30. The molecule has 0 saturated heterocycles. The number of benzene rings is 1. The van der Waals surface area contributed by atoms with E-state index in [2.05, 4.69) is 44.8 Å². The highest BCUT2D eigenvalue weighted by molar-refractivity contribution is 5.74. The van der Waals surface area contributed by atoms with Gasteiger partial charge in [-0.3, -0.25) is 4.99 Å². The summed E-state index contributed by atoms with van der Waals surface area (Å²) in [5.74, 6) is 0.547. The molecule has 2 N–H and O–H groups in total. The molecule has 1 rings (SSSR count). The third-order valence-corrected chi connectivity index (χ3v) is 4.80. The Morgan fingerprint density at radius 3 is 2.48 bits per heavy atom. The van der Waals surface area contributed by atoms with Crippen LogP contribution in [0, 0.1) is 6.92 Å². The Hall–Kier alpha value is -1.83. The SMILES string of the molecule is C/C=C/C=N\C=C(/N)c1cc(CCCCC)cc(C)c1C(CC)CC. The van der Waals surface area contributed by atoms with Gasteiger partial charge in [0.05, 0.1) is 11.9 Å². The van der Waals surface area contributed by atoms with Crippen LogP contribution >= 0.6 is 0 Å². The van der Waals surface area contributed by atoms with Gasteiger partial charge < -0.3 is 5.73 Å². The predicted octanol–water partition coefficient (Wildman–Crippen LogP) is 6.54. The van der Waals surface area contributed by atoms with Crippen molar-refractivity contribution in [3.63, 3.8) is 0 Å². The van der Waals surface area contributed by atoms with Crippen LogP contribution in [0.15, 0.2) is 35.5 Å². The molecule has 25 heavy (non-hydrogen) atoms. The van der Waals surface area contributed by atoms with Crippen molar-refractivity contribution in [1.29, 1.82) is 0 Å². The summed E-state index contributed by atoms with van der Waals surface area (Å²) < 4.78 is 0. The first-order valence-corrected chi connectivity index (χ1v) is 9.82. The van der Waals surface area contributed by atoms with Gasteiger partial charge in [0.25, 0.3) is 0 Å². The van der Waals surface area contributed by atoms with E-state index in [9.17, 15) is 0 Å². The van der Waals surface area contributed by atoms with Crippen molar-refractivity contribution in [3.05, 3.63) is 52.7 Å². The number of nitrogens with zero attached hydrogens (tertiary/aromatic N) is 1. The summed E-state index contributed by atoms with van der Waals surface area (Å²) in [5.41, 5.74) is 12.5. The Labute approximate surface area is 154 Å². The number of rotatable bonds is 10. The summed E-state index contributed by atoms with van der Waals surface area (Å²) in [4.78, 5) is 4.33. The largest absolute Gasteiger partial charge is 0.397 e. The van der Waals surface area contributed by atoms with Crippen LogP contribution in [0.2, 0.25) is 0 Å². The average molecular weight is 341 g/mol. The van der Waals surface area contributed by atoms with Crippen molar-refractivity contribution >= 4 is 11.9 Å². The van der Waals surface area contributed by atoms with Gasteiger partial charge in [0.15, 0.2) is 0 Å². The van der Waals surface area contributed by atoms with E-state index in [1.54, 1.807) is 12.4 Å². The molecule has 0 unspecified atom stereocenters. The molecule has 0 fully saturated rings. The molecule has 0 heterocycles. The van der Waals surface area contributed by atoms with E-state index in [1.165, 1.54) is 41.5 Å². The molecule has 0 radical (unpaired) electrons. The summed E-state index contributed by atoms with van der Waals surface area (Å²) in [7, 11) is 0. The summed E-state index contributed by atoms with van der Waals surface area (Å²) >= 11 is 0. The second kappa shape index (κ2) is 11.7. The number of aliphatic imine (C=N–C) groups is 1. The zero-order valence-electron chi connectivity index (χ0n) is 16.8. The minimum absolute atomic E-state index is 0.547. The third-order valence-electron chi connectivity index (χ3n) is 4.80. The van der Waals surface area contributed by atoms with Gasteiger partial charge in [-0.1, -0.05) is 45.8 Å². The Morgan fingerprint density at radius 2 is 1.88 bits per heavy atom. The van der Waals surface area contributed by atoms with E-state index >= 15 is 0 Å². The summed E-state index contributed by atoms with van der Waals surface area (Å²) in [5, 5.41) is 0. The molecule has 0 aromatic heterocycles. The van der Waals surface area contributed by atoms with Gasteiger partial charge in [0.2, 0.25) is 0 Å². The van der Waals surface area contributed by atoms with Crippen LogP contribution in [0.3, 0.4) is 0 Å². The minimum Gasteiger partial charge on any atom is -0.397 e. The van der Waals surface area contributed by atoms with Gasteiger partial charge in [-0.2, -0.15) is 0 Å². The predicted molar refractivity (Wildman–Crippen MR) is 113 cm³/mol. The van der Waals surface area contributed by atoms with E-state index in [-0.39, 0.29) is 0 Å². The van der Waals surface area contributed by atoms with Crippen molar-refractivity contribution in [1.82, 2.24) is 0 Å². The fraction of sp³-hybridized carbons (Fsp3) is 0.522. The summed E-state index contributed by atoms with van der Waals surface area (Å²) in [6.45, 7) is 11.0. The van der Waals surface area contributed by atoms with E-state index in [0.717, 1.165) is 25.0 Å². The van der Waals surface area contributed by atoms with Gasteiger partial charge >= 0.3 is 0 Å². The van der Waals surface area contributed by atoms with Crippen molar-refractivity contribution in [2.45, 2.75) is 79.1 Å². The first-order chi connectivity index (χ1) is 12.1. The smallest absolute Gasteiger partial charge is 0.0576 e. The molecule has 0 amide bonds. The lowest BCUT2D eigenvalue weighted by Gasteiger charge is -2.22. The third kappa shape index (κ3) is 6.53. The van der Waals surface area contributed by atoms with Crippen molar-refractivity contribution in [2.75, 3.05) is 0 Å². The molecule has 1 aromatic carbocycles. The first kappa shape index (κ1) is 21.2. The highest BCUT2D eigenvalue weighted by atomic mass is 14.7. The van der Waals surface area contributed by atoms with Crippen LogP contribution < -0.4 is 5.73 Å². The molecule has 0 aliphatic heterocycles. The maximum atomic E-state index is 6.44. The molecule has 0 aliphatic carbocycles. The number of unbranched alkanes of at least 4 members (excludes halogenated alkanes) is 2. The van der Waals surface area contributed by atoms with Gasteiger partial charge in [-0.05, 0) is 74.3 Å². The van der Waals surface area contributed by atoms with Crippen LogP contribution in [0.5, 0.6) is 0 Å². The van der Waals surface area contributed by atoms with Crippen molar-refractivity contribution < 1.29 is 0 Å². The zero-order chi connectivity index (χ0) is 18.7. The Bertz CT molecular complexity index is 605. The van der Waals surface area contributed by atoms with Crippen LogP contribution in [-0.2, 0) is 6.42 Å². The molecule has 0 bridgehead atoms. The average Bonchev–Trinajstić information content (AvgIpc) is 2.61. The number of nitrogens with two attached hydrogens (primary N) is 1. The molecule has 138 valence electrons. The van der Waals surface area contributed by atoms with E-state index in [0.29, 0.717) is 5.92 Å². The van der Waals surface area contributed by atoms with Crippen LogP contribution in [0.1, 0.15) is 88.0 Å². The van der Waals surface area contributed by atoms with Gasteiger partial charge in [-0.25, -0.2) is 0 Å². The summed E-state index contributed by atoms with van der Waals surface area (Å²) in [6.07, 6.45) is 14.6. The van der Waals surface area contributed by atoms with Crippen molar-refractivity contribution in [3.8, 4) is 0 Å². The van der Waals surface area contributed by atoms with Crippen molar-refractivity contribution in [2.24, 2.45) is 10.7 Å². The maximum Gasteiger partial charge on any atom is 0.0576 e. The molecule has 0 aliphatic rings. The second-order valence-corrected chi connectivity index (χ2v) is 6.75. The van der Waals surface area contributed by atoms with E-state index < -0.39 is 0 Å². The molecular weight excluding hydrogens is 304 g/mol. The highest BCUT2D eigenvalue weighted by Crippen LogP contribution is 2.33. The zero-order valence-corrected chi connectivity index (χ0v) is 16.8. The lowest BCUT2D eigenvalue weighted by Crippen LogP contribution is -2.09. The number of hydrogen-bond donors (Lipinski definition) is 1. The molecule has 2 nitrogen and oxygen atoms in total. The second-order valence-electron chi connectivity index (χ2n) is 6.75. The lowest BCUT2D eigenvalue weighted by atomic mass is 9.84. The number of allylic oxidation sites excluding steroid dienone is 2. The monoisotopic (exact) mass is 340 g/mol. The summed E-state index contributed by atoms with van der Waals surface area (Å²) in [6, 6.07) is 4.66. The van der Waals surface area contributed by atoms with Gasteiger partial charge in [-0.15, -0.1) is 0 Å². The quantitative estimate of drug-likeness (QED) is 0.381. The normalized spacial score (nSPS) is 12.8. The topological polar surface area (TPSA) is 38.4 Å². The maximum absolute atomic E-state index is 6.44. The molecule has 2 heteroatoms. The fourth-order valence-corrected chi connectivity index (χ4v) is 3.40. The highest BCUT2D eigenvalue weighted by Gasteiger charge is 2.17. The molecule has 0 atom stereocenters. The van der Waals surface area contributed by atoms with Gasteiger partial charge in [0, 0.05) is 11.8 Å². The standard InChI is InChI=1S/C23H36N2/c1-6-10-12-13-19-15-18(5)23(20(8-3)9-4)21(16-19)22(24)17-25-14-11-7-2/h7,11,14-17,20H,6,8-10,12-13,24H2,1-5H3/b11-7+,22-17-,25-14-. The Kier molecular flexibility index (Phi) is 9.91. The van der Waals surface area contributed by atoms with E-state index in [1.807, 2.05) is 19.1 Å². The van der Waals surface area contributed by atoms with Crippen LogP contribution in [-0.4, -0.2) is 6.21 Å². The van der Waals surface area contributed by atoms with Crippen LogP contribution in [0.4, 0.5) is 0 Å². The Morgan fingerprint density at radius 1 is 1.16 bits per heavy atom. The molecule has 0 spiro atoms. The fourth-order valence-electron chi connectivity index (χ4n) is 3.40.